The van der Waals surface area contributed by atoms with Crippen molar-refractivity contribution in [3.05, 3.63) is 52.8 Å². The van der Waals surface area contributed by atoms with Gasteiger partial charge in [0.15, 0.2) is 0 Å². The number of ether oxygens (including phenoxy) is 2. The second-order valence-corrected chi connectivity index (χ2v) is 4.39. The summed E-state index contributed by atoms with van der Waals surface area (Å²) in [4.78, 5) is 4.08. The minimum atomic E-state index is 0.486. The van der Waals surface area contributed by atoms with E-state index in [-0.39, 0.29) is 0 Å². The molecule has 0 unspecified atom stereocenters. The van der Waals surface area contributed by atoms with Gasteiger partial charge in [-0.1, -0.05) is 6.07 Å². The maximum Gasteiger partial charge on any atom is 0.123 e. The van der Waals surface area contributed by atoms with Gasteiger partial charge >= 0.3 is 0 Å². The van der Waals surface area contributed by atoms with Crippen molar-refractivity contribution in [3.8, 4) is 11.5 Å². The summed E-state index contributed by atoms with van der Waals surface area (Å²) in [6, 6.07) is 9.51. The summed E-state index contributed by atoms with van der Waals surface area (Å²) in [5.41, 5.74) is 1.02. The van der Waals surface area contributed by atoms with Gasteiger partial charge in [0, 0.05) is 28.5 Å². The number of aromatic nitrogens is 1. The maximum atomic E-state index is 5.65. The average molecular weight is 294 g/mol. The smallest absolute Gasteiger partial charge is 0.123 e. The minimum absolute atomic E-state index is 0.486. The first-order valence-corrected chi connectivity index (χ1v) is 5.93. The van der Waals surface area contributed by atoms with Crippen LogP contribution in [0.2, 0.25) is 0 Å². The monoisotopic (exact) mass is 293 g/mol. The summed E-state index contributed by atoms with van der Waals surface area (Å²) in [6.45, 7) is 0.486. The topological polar surface area (TPSA) is 31.4 Å². The third-order valence-electron chi connectivity index (χ3n) is 2.21. The molecule has 0 aliphatic rings. The van der Waals surface area contributed by atoms with Crippen LogP contribution in [0.3, 0.4) is 0 Å². The number of hydrogen-bond donors (Lipinski definition) is 0. The summed E-state index contributed by atoms with van der Waals surface area (Å²) < 4.78 is 11.7. The second-order valence-electron chi connectivity index (χ2n) is 3.48. The van der Waals surface area contributed by atoms with Gasteiger partial charge in [0.2, 0.25) is 0 Å². The number of nitrogens with zero attached hydrogens (tertiary/aromatic N) is 1. The third-order valence-corrected chi connectivity index (χ3v) is 2.64. The van der Waals surface area contributed by atoms with Crippen LogP contribution in [0.25, 0.3) is 0 Å². The van der Waals surface area contributed by atoms with E-state index in [4.69, 9.17) is 9.47 Å². The Morgan fingerprint density at radius 3 is 2.76 bits per heavy atom. The van der Waals surface area contributed by atoms with E-state index in [1.165, 1.54) is 0 Å². The Kier molecular flexibility index (Phi) is 3.98. The van der Waals surface area contributed by atoms with Crippen LogP contribution in [0.5, 0.6) is 11.5 Å². The van der Waals surface area contributed by atoms with Gasteiger partial charge in [-0.25, -0.2) is 0 Å². The molecule has 3 nitrogen and oxygen atoms in total. The molecule has 2 rings (SSSR count). The fourth-order valence-electron chi connectivity index (χ4n) is 1.39. The molecule has 0 saturated carbocycles. The molecule has 0 fully saturated rings. The quantitative estimate of drug-likeness (QED) is 0.865. The molecule has 1 aromatic carbocycles. The first-order chi connectivity index (χ1) is 8.28. The first-order valence-electron chi connectivity index (χ1n) is 5.14. The summed E-state index contributed by atoms with van der Waals surface area (Å²) in [7, 11) is 1.64. The van der Waals surface area contributed by atoms with Crippen LogP contribution in [0.1, 0.15) is 5.56 Å². The normalized spacial score (nSPS) is 10.0. The van der Waals surface area contributed by atoms with E-state index < -0.39 is 0 Å². The van der Waals surface area contributed by atoms with E-state index >= 15 is 0 Å². The highest BCUT2D eigenvalue weighted by Gasteiger charge is 1.99. The fraction of sp³-hybridized carbons (Fsp3) is 0.154. The van der Waals surface area contributed by atoms with Crippen LogP contribution in [-0.2, 0) is 6.61 Å². The lowest BCUT2D eigenvalue weighted by Crippen LogP contribution is -1.96. The molecule has 88 valence electrons. The van der Waals surface area contributed by atoms with Crippen molar-refractivity contribution >= 4 is 15.9 Å². The molecule has 1 heterocycles. The zero-order valence-electron chi connectivity index (χ0n) is 9.39. The van der Waals surface area contributed by atoms with Crippen LogP contribution in [-0.4, -0.2) is 12.1 Å². The van der Waals surface area contributed by atoms with Crippen LogP contribution >= 0.6 is 15.9 Å². The Bertz CT molecular complexity index is 502. The van der Waals surface area contributed by atoms with E-state index in [1.54, 1.807) is 19.5 Å². The van der Waals surface area contributed by atoms with Crippen LogP contribution in [0.15, 0.2) is 47.2 Å². The summed E-state index contributed by atoms with van der Waals surface area (Å²) >= 11 is 3.37. The summed E-state index contributed by atoms with van der Waals surface area (Å²) in [6.07, 6.45) is 3.53. The Labute approximate surface area is 109 Å². The van der Waals surface area contributed by atoms with E-state index in [0.717, 1.165) is 21.5 Å². The highest BCUT2D eigenvalue weighted by atomic mass is 79.9. The number of methoxy groups -OCH3 is 1. The van der Waals surface area contributed by atoms with E-state index in [9.17, 15) is 0 Å². The van der Waals surface area contributed by atoms with Crippen LogP contribution < -0.4 is 9.47 Å². The highest BCUT2D eigenvalue weighted by molar-refractivity contribution is 9.10. The van der Waals surface area contributed by atoms with Gasteiger partial charge in [0.1, 0.15) is 18.1 Å². The Morgan fingerprint density at radius 2 is 2.00 bits per heavy atom. The Morgan fingerprint density at radius 1 is 1.18 bits per heavy atom. The molecular weight excluding hydrogens is 282 g/mol. The molecular formula is C13H12BrNO2. The Balaban J connectivity index is 2.02. The predicted octanol–water partition coefficient (Wildman–Crippen LogP) is 3.43. The third kappa shape index (κ3) is 3.46. The van der Waals surface area contributed by atoms with Crippen molar-refractivity contribution in [1.82, 2.24) is 4.98 Å². The van der Waals surface area contributed by atoms with E-state index in [0.29, 0.717) is 6.61 Å². The highest BCUT2D eigenvalue weighted by Crippen LogP contribution is 2.20. The van der Waals surface area contributed by atoms with Crippen molar-refractivity contribution in [2.75, 3.05) is 7.11 Å². The number of benzene rings is 1. The number of rotatable bonds is 4. The van der Waals surface area contributed by atoms with Crippen molar-refractivity contribution < 1.29 is 9.47 Å². The molecule has 0 atom stereocenters. The fourth-order valence-corrected chi connectivity index (χ4v) is 1.80. The molecule has 0 spiro atoms. The molecule has 17 heavy (non-hydrogen) atoms. The van der Waals surface area contributed by atoms with Crippen LogP contribution in [0, 0.1) is 0 Å². The lowest BCUT2D eigenvalue weighted by atomic mass is 10.3. The number of halogens is 1. The summed E-state index contributed by atoms with van der Waals surface area (Å²) in [5, 5.41) is 0. The molecule has 0 radical (unpaired) electrons. The molecule has 0 aliphatic carbocycles. The molecule has 2 aromatic rings. The predicted molar refractivity (Wildman–Crippen MR) is 69.3 cm³/mol. The van der Waals surface area contributed by atoms with Crippen molar-refractivity contribution in [1.29, 1.82) is 0 Å². The lowest BCUT2D eigenvalue weighted by Gasteiger charge is -2.07. The second kappa shape index (κ2) is 5.68. The van der Waals surface area contributed by atoms with Crippen LogP contribution in [0.4, 0.5) is 0 Å². The van der Waals surface area contributed by atoms with Gasteiger partial charge in [-0.2, -0.15) is 0 Å². The average Bonchev–Trinajstić information content (AvgIpc) is 2.37. The molecule has 0 bridgehead atoms. The zero-order chi connectivity index (χ0) is 12.1. The minimum Gasteiger partial charge on any atom is -0.497 e. The SMILES string of the molecule is COc1cccc(OCc2cncc(Br)c2)c1. The molecule has 1 aromatic heterocycles. The zero-order valence-corrected chi connectivity index (χ0v) is 11.0. The number of pyridine rings is 1. The Hall–Kier alpha value is -1.55. The number of hydrogen-bond acceptors (Lipinski definition) is 3. The summed E-state index contributed by atoms with van der Waals surface area (Å²) in [5.74, 6) is 1.57. The van der Waals surface area contributed by atoms with Gasteiger partial charge in [-0.15, -0.1) is 0 Å². The molecule has 0 aliphatic heterocycles. The molecule has 0 amide bonds. The van der Waals surface area contributed by atoms with E-state index in [2.05, 4.69) is 20.9 Å². The molecule has 0 saturated heterocycles. The van der Waals surface area contributed by atoms with Gasteiger partial charge in [-0.05, 0) is 34.1 Å². The lowest BCUT2D eigenvalue weighted by molar-refractivity contribution is 0.303. The van der Waals surface area contributed by atoms with E-state index in [1.807, 2.05) is 30.3 Å². The van der Waals surface area contributed by atoms with Crippen molar-refractivity contribution in [3.63, 3.8) is 0 Å². The van der Waals surface area contributed by atoms with Crippen molar-refractivity contribution in [2.45, 2.75) is 6.61 Å². The molecule has 0 N–H and O–H groups in total. The molecule has 4 heteroatoms. The first kappa shape index (κ1) is 11.9. The largest absolute Gasteiger partial charge is 0.497 e. The van der Waals surface area contributed by atoms with Gasteiger partial charge in [-0.3, -0.25) is 4.98 Å². The van der Waals surface area contributed by atoms with Crippen molar-refractivity contribution in [2.24, 2.45) is 0 Å². The maximum absolute atomic E-state index is 5.65. The van der Waals surface area contributed by atoms with Gasteiger partial charge in [0.25, 0.3) is 0 Å². The standard InChI is InChI=1S/C13H12BrNO2/c1-16-12-3-2-4-13(6-12)17-9-10-5-11(14)8-15-7-10/h2-8H,9H2,1H3. The van der Waals surface area contributed by atoms with Gasteiger partial charge < -0.3 is 9.47 Å². The van der Waals surface area contributed by atoms with Gasteiger partial charge in [0.05, 0.1) is 7.11 Å².